The zero-order valence-corrected chi connectivity index (χ0v) is 18.7. The number of hydrogen-bond donors (Lipinski definition) is 1. The minimum Gasteiger partial charge on any atom is -0.344 e. The van der Waals surface area contributed by atoms with Gasteiger partial charge in [0.25, 0.3) is 5.91 Å². The summed E-state index contributed by atoms with van der Waals surface area (Å²) in [6.07, 6.45) is 6.34. The normalized spacial score (nSPS) is 12.1. The van der Waals surface area contributed by atoms with Crippen LogP contribution in [0.15, 0.2) is 49.1 Å². The lowest BCUT2D eigenvalue weighted by Gasteiger charge is -2.16. The Morgan fingerprint density at radius 2 is 1.91 bits per heavy atom. The Hall–Kier alpha value is -4.08. The number of rotatable bonds is 6. The summed E-state index contributed by atoms with van der Waals surface area (Å²) >= 11 is 0. The molecule has 1 aromatic carbocycles. The van der Waals surface area contributed by atoms with Crippen LogP contribution in [-0.4, -0.2) is 41.1 Å². The first-order valence-electron chi connectivity index (χ1n) is 10.5. The van der Waals surface area contributed by atoms with Gasteiger partial charge >= 0.3 is 0 Å². The number of amides is 1. The molecule has 0 aliphatic carbocycles. The number of carbonyl (C=O) groups is 1. The summed E-state index contributed by atoms with van der Waals surface area (Å²) < 4.78 is 17.1. The monoisotopic (exact) mass is 446 g/mol. The van der Waals surface area contributed by atoms with Crippen LogP contribution in [0.4, 0.5) is 4.39 Å². The number of benzene rings is 1. The molecule has 0 fully saturated rings. The lowest BCUT2D eigenvalue weighted by molar-refractivity contribution is 0.0939. The lowest BCUT2D eigenvalue weighted by Crippen LogP contribution is -2.27. The first kappa shape index (κ1) is 22.1. The van der Waals surface area contributed by atoms with Gasteiger partial charge in [-0.25, -0.2) is 4.39 Å². The molecule has 0 aliphatic rings. The fourth-order valence-corrected chi connectivity index (χ4v) is 3.32. The standard InChI is InChI=1S/C23H23FN8O/c1-13(2)22-29-30-31-32(22)20-10-16(23(33)28-15(4)19-12-25-7-8-26-19)9-17(21(20)24)18-6-5-14(3)11-27-18/h5-13,15H,1-4H3,(H,28,33)/t15-/m0/s1. The molecule has 4 rings (SSSR count). The van der Waals surface area contributed by atoms with Gasteiger partial charge < -0.3 is 5.32 Å². The van der Waals surface area contributed by atoms with Crippen LogP contribution in [0.3, 0.4) is 0 Å². The van der Waals surface area contributed by atoms with Crippen molar-refractivity contribution in [1.82, 2.24) is 40.5 Å². The Bertz CT molecular complexity index is 1270. The lowest BCUT2D eigenvalue weighted by atomic mass is 10.0. The first-order valence-corrected chi connectivity index (χ1v) is 10.5. The quantitative estimate of drug-likeness (QED) is 0.482. The number of hydrogen-bond acceptors (Lipinski definition) is 7. The highest BCUT2D eigenvalue weighted by molar-refractivity contribution is 5.96. The van der Waals surface area contributed by atoms with Gasteiger partial charge in [-0.15, -0.1) is 5.10 Å². The molecule has 33 heavy (non-hydrogen) atoms. The third kappa shape index (κ3) is 4.59. The van der Waals surface area contributed by atoms with Crippen LogP contribution >= 0.6 is 0 Å². The molecule has 3 heterocycles. The van der Waals surface area contributed by atoms with Gasteiger partial charge in [0.2, 0.25) is 0 Å². The van der Waals surface area contributed by atoms with E-state index >= 15 is 4.39 Å². The Morgan fingerprint density at radius 1 is 1.09 bits per heavy atom. The van der Waals surface area contributed by atoms with Gasteiger partial charge in [-0.2, -0.15) is 4.68 Å². The van der Waals surface area contributed by atoms with Crippen molar-refractivity contribution < 1.29 is 9.18 Å². The van der Waals surface area contributed by atoms with E-state index in [0.717, 1.165) is 5.56 Å². The maximum atomic E-state index is 15.7. The van der Waals surface area contributed by atoms with Crippen LogP contribution in [0.2, 0.25) is 0 Å². The van der Waals surface area contributed by atoms with E-state index in [0.29, 0.717) is 17.2 Å². The van der Waals surface area contributed by atoms with Crippen LogP contribution in [-0.2, 0) is 0 Å². The molecule has 0 spiro atoms. The molecule has 0 bridgehead atoms. The molecule has 0 unspecified atom stereocenters. The average molecular weight is 446 g/mol. The van der Waals surface area contributed by atoms with E-state index in [-0.39, 0.29) is 22.7 Å². The van der Waals surface area contributed by atoms with Gasteiger partial charge in [0.05, 0.1) is 23.6 Å². The van der Waals surface area contributed by atoms with Crippen LogP contribution in [0.25, 0.3) is 16.9 Å². The van der Waals surface area contributed by atoms with Crippen LogP contribution in [0, 0.1) is 12.7 Å². The van der Waals surface area contributed by atoms with E-state index in [1.165, 1.54) is 16.8 Å². The smallest absolute Gasteiger partial charge is 0.251 e. The largest absolute Gasteiger partial charge is 0.344 e. The molecule has 0 aliphatic heterocycles. The Morgan fingerprint density at radius 3 is 2.58 bits per heavy atom. The van der Waals surface area contributed by atoms with Crippen molar-refractivity contribution in [3.63, 3.8) is 0 Å². The zero-order valence-electron chi connectivity index (χ0n) is 18.7. The Labute approximate surface area is 190 Å². The molecule has 10 heteroatoms. The fourth-order valence-electron chi connectivity index (χ4n) is 3.32. The van der Waals surface area contributed by atoms with Gasteiger partial charge in [0.1, 0.15) is 5.69 Å². The van der Waals surface area contributed by atoms with Crippen LogP contribution in [0.5, 0.6) is 0 Å². The second-order valence-electron chi connectivity index (χ2n) is 8.01. The molecule has 0 saturated heterocycles. The molecule has 3 aromatic heterocycles. The van der Waals surface area contributed by atoms with Crippen molar-refractivity contribution in [2.45, 2.75) is 39.7 Å². The van der Waals surface area contributed by atoms with E-state index in [1.54, 1.807) is 37.8 Å². The zero-order chi connectivity index (χ0) is 23.5. The number of pyridine rings is 1. The number of carbonyl (C=O) groups excluding carboxylic acids is 1. The molecular formula is C23H23FN8O. The highest BCUT2D eigenvalue weighted by Gasteiger charge is 2.23. The minimum atomic E-state index is -0.570. The fraction of sp³-hybridized carbons (Fsp3) is 0.261. The second kappa shape index (κ2) is 9.19. The van der Waals surface area contributed by atoms with Crippen molar-refractivity contribution in [3.8, 4) is 16.9 Å². The highest BCUT2D eigenvalue weighted by Crippen LogP contribution is 2.29. The van der Waals surface area contributed by atoms with Crippen molar-refractivity contribution in [2.24, 2.45) is 0 Å². The molecule has 1 amide bonds. The number of nitrogens with zero attached hydrogens (tertiary/aromatic N) is 7. The Kier molecular flexibility index (Phi) is 6.16. The SMILES string of the molecule is Cc1ccc(-c2cc(C(=O)N[C@@H](C)c3cnccn3)cc(-n3nnnc3C(C)C)c2F)nc1. The predicted molar refractivity (Wildman–Crippen MR) is 119 cm³/mol. The van der Waals surface area contributed by atoms with Crippen molar-refractivity contribution in [3.05, 3.63) is 77.5 Å². The summed E-state index contributed by atoms with van der Waals surface area (Å²) in [4.78, 5) is 25.8. The summed E-state index contributed by atoms with van der Waals surface area (Å²) in [5.41, 5.74) is 2.43. The number of aryl methyl sites for hydroxylation is 1. The average Bonchev–Trinajstić information content (AvgIpc) is 3.30. The van der Waals surface area contributed by atoms with Gasteiger partial charge in [0.15, 0.2) is 11.6 Å². The predicted octanol–water partition coefficient (Wildman–Crippen LogP) is 3.58. The van der Waals surface area contributed by atoms with E-state index in [4.69, 9.17) is 0 Å². The Balaban J connectivity index is 1.81. The minimum absolute atomic E-state index is 0.0606. The van der Waals surface area contributed by atoms with Crippen molar-refractivity contribution in [1.29, 1.82) is 0 Å². The number of halogens is 1. The molecule has 1 atom stereocenters. The number of tetrazole rings is 1. The van der Waals surface area contributed by atoms with Crippen LogP contribution in [0.1, 0.15) is 60.2 Å². The maximum Gasteiger partial charge on any atom is 0.251 e. The number of nitrogens with one attached hydrogen (secondary N) is 1. The van der Waals surface area contributed by atoms with Gasteiger partial charge in [-0.05, 0) is 48.0 Å². The first-order chi connectivity index (χ1) is 15.8. The maximum absolute atomic E-state index is 15.7. The number of aromatic nitrogens is 7. The van der Waals surface area contributed by atoms with Gasteiger partial charge in [0, 0.05) is 35.6 Å². The molecular weight excluding hydrogens is 423 g/mol. The second-order valence-corrected chi connectivity index (χ2v) is 8.01. The topological polar surface area (TPSA) is 111 Å². The summed E-state index contributed by atoms with van der Waals surface area (Å²) in [6.45, 7) is 7.50. The van der Waals surface area contributed by atoms with Crippen LogP contribution < -0.4 is 5.32 Å². The summed E-state index contributed by atoms with van der Waals surface area (Å²) in [7, 11) is 0. The third-order valence-electron chi connectivity index (χ3n) is 5.12. The highest BCUT2D eigenvalue weighted by atomic mass is 19.1. The van der Waals surface area contributed by atoms with Gasteiger partial charge in [-0.3, -0.25) is 19.7 Å². The van der Waals surface area contributed by atoms with Crippen molar-refractivity contribution in [2.75, 3.05) is 0 Å². The molecule has 9 nitrogen and oxygen atoms in total. The molecule has 0 saturated carbocycles. The molecule has 4 aromatic rings. The molecule has 168 valence electrons. The van der Waals surface area contributed by atoms with E-state index in [2.05, 4.69) is 35.8 Å². The summed E-state index contributed by atoms with van der Waals surface area (Å²) in [5, 5.41) is 14.6. The summed E-state index contributed by atoms with van der Waals surface area (Å²) in [5.74, 6) is -0.558. The van der Waals surface area contributed by atoms with E-state index in [9.17, 15) is 4.79 Å². The molecule has 0 radical (unpaired) electrons. The van der Waals surface area contributed by atoms with Crippen molar-refractivity contribution >= 4 is 5.91 Å². The third-order valence-corrected chi connectivity index (χ3v) is 5.12. The summed E-state index contributed by atoms with van der Waals surface area (Å²) in [6, 6.07) is 6.06. The van der Waals surface area contributed by atoms with E-state index in [1.807, 2.05) is 26.8 Å². The van der Waals surface area contributed by atoms with E-state index < -0.39 is 17.8 Å². The molecule has 1 N–H and O–H groups in total. The van der Waals surface area contributed by atoms with Gasteiger partial charge in [-0.1, -0.05) is 19.9 Å².